The smallest absolute Gasteiger partial charge is 0.261 e. The minimum atomic E-state index is -0.0600. The highest BCUT2D eigenvalue weighted by Crippen LogP contribution is 2.39. The fraction of sp³-hybridized carbons (Fsp3) is 0.182. The molecule has 1 aliphatic carbocycles. The van der Waals surface area contributed by atoms with E-state index in [0.29, 0.717) is 12.3 Å². The van der Waals surface area contributed by atoms with Gasteiger partial charge in [-0.1, -0.05) is 36.4 Å². The Morgan fingerprint density at radius 1 is 1.11 bits per heavy atom. The Labute approximate surface area is 162 Å². The van der Waals surface area contributed by atoms with Gasteiger partial charge in [-0.05, 0) is 53.3 Å². The fourth-order valence-corrected chi connectivity index (χ4v) is 4.50. The maximum absolute atomic E-state index is 12.6. The van der Waals surface area contributed by atoms with Crippen LogP contribution in [0.5, 0.6) is 5.75 Å². The maximum atomic E-state index is 12.6. The van der Waals surface area contributed by atoms with E-state index in [1.807, 2.05) is 30.3 Å². The number of ether oxygens (including phenoxy) is 1. The van der Waals surface area contributed by atoms with Crippen molar-refractivity contribution in [3.63, 3.8) is 0 Å². The third kappa shape index (κ3) is 3.71. The van der Waals surface area contributed by atoms with Crippen LogP contribution in [0.2, 0.25) is 0 Å². The van der Waals surface area contributed by atoms with Crippen LogP contribution in [-0.4, -0.2) is 12.5 Å². The average Bonchev–Trinajstić information content (AvgIpc) is 3.16. The number of amides is 1. The Bertz CT molecular complexity index is 1030. The number of rotatable bonds is 5. The highest BCUT2D eigenvalue weighted by molar-refractivity contribution is 7.17. The van der Waals surface area contributed by atoms with Crippen LogP contribution in [0, 0.1) is 11.3 Å². The summed E-state index contributed by atoms with van der Waals surface area (Å²) in [4.78, 5) is 14.6. The fourth-order valence-electron chi connectivity index (χ4n) is 3.31. The molecule has 0 saturated heterocycles. The number of carbonyl (C=O) groups is 1. The molecule has 4 rings (SSSR count). The standard InChI is InChI=1S/C22H18N2O2S/c23-10-11-26-18-6-3-4-15(12-18)14-24-22(25)20-13-17-9-8-16-5-1-2-7-19(16)21(17)27-20/h1-7,12-13H,8-9,11,14H2,(H,24,25). The second-order valence-corrected chi connectivity index (χ2v) is 7.45. The molecule has 0 saturated carbocycles. The molecule has 27 heavy (non-hydrogen) atoms. The number of benzene rings is 2. The van der Waals surface area contributed by atoms with Crippen molar-refractivity contribution in [2.75, 3.05) is 6.61 Å². The molecule has 1 heterocycles. The lowest BCUT2D eigenvalue weighted by atomic mass is 9.91. The minimum Gasteiger partial charge on any atom is -0.479 e. The van der Waals surface area contributed by atoms with Crippen molar-refractivity contribution in [1.82, 2.24) is 5.32 Å². The van der Waals surface area contributed by atoms with Gasteiger partial charge in [0.2, 0.25) is 0 Å². The maximum Gasteiger partial charge on any atom is 0.261 e. The van der Waals surface area contributed by atoms with Gasteiger partial charge in [-0.25, -0.2) is 0 Å². The van der Waals surface area contributed by atoms with Crippen molar-refractivity contribution in [2.45, 2.75) is 19.4 Å². The summed E-state index contributed by atoms with van der Waals surface area (Å²) in [6.45, 7) is 0.430. The quantitative estimate of drug-likeness (QED) is 0.722. The minimum absolute atomic E-state index is 0.0119. The highest BCUT2D eigenvalue weighted by atomic mass is 32.1. The summed E-state index contributed by atoms with van der Waals surface area (Å²) < 4.78 is 5.30. The molecule has 1 aromatic heterocycles. The lowest BCUT2D eigenvalue weighted by Gasteiger charge is -2.15. The first kappa shape index (κ1) is 17.3. The van der Waals surface area contributed by atoms with Crippen LogP contribution in [0.3, 0.4) is 0 Å². The predicted molar refractivity (Wildman–Crippen MR) is 106 cm³/mol. The SMILES string of the molecule is N#CCOc1cccc(CNC(=O)c2cc3c(s2)-c2ccccc2CC3)c1. The summed E-state index contributed by atoms with van der Waals surface area (Å²) in [6.07, 6.45) is 2.00. The summed E-state index contributed by atoms with van der Waals surface area (Å²) in [5.41, 5.74) is 4.80. The monoisotopic (exact) mass is 374 g/mol. The molecule has 0 bridgehead atoms. The van der Waals surface area contributed by atoms with E-state index in [-0.39, 0.29) is 12.5 Å². The molecule has 1 aliphatic rings. The Balaban J connectivity index is 1.46. The first-order valence-corrected chi connectivity index (χ1v) is 9.64. The van der Waals surface area contributed by atoms with Crippen LogP contribution in [-0.2, 0) is 19.4 Å². The van der Waals surface area contributed by atoms with Gasteiger partial charge in [0.25, 0.3) is 5.91 Å². The summed E-state index contributed by atoms with van der Waals surface area (Å²) in [7, 11) is 0. The normalized spacial score (nSPS) is 11.8. The van der Waals surface area contributed by atoms with Gasteiger partial charge in [-0.2, -0.15) is 5.26 Å². The molecule has 5 heteroatoms. The van der Waals surface area contributed by atoms with Gasteiger partial charge in [-0.15, -0.1) is 11.3 Å². The lowest BCUT2D eigenvalue weighted by Crippen LogP contribution is -2.21. The molecule has 2 aromatic carbocycles. The zero-order valence-electron chi connectivity index (χ0n) is 14.7. The largest absolute Gasteiger partial charge is 0.479 e. The number of nitriles is 1. The van der Waals surface area contributed by atoms with E-state index in [2.05, 4.69) is 29.6 Å². The molecule has 1 N–H and O–H groups in total. The molecule has 0 spiro atoms. The highest BCUT2D eigenvalue weighted by Gasteiger charge is 2.21. The third-order valence-electron chi connectivity index (χ3n) is 4.61. The lowest BCUT2D eigenvalue weighted by molar-refractivity contribution is 0.0955. The van der Waals surface area contributed by atoms with Crippen molar-refractivity contribution < 1.29 is 9.53 Å². The topological polar surface area (TPSA) is 62.1 Å². The average molecular weight is 374 g/mol. The number of nitrogens with zero attached hydrogens (tertiary/aromatic N) is 1. The van der Waals surface area contributed by atoms with Crippen LogP contribution in [0.15, 0.2) is 54.6 Å². The van der Waals surface area contributed by atoms with Gasteiger partial charge in [0, 0.05) is 11.4 Å². The number of fused-ring (bicyclic) bond motifs is 3. The van der Waals surface area contributed by atoms with Crippen LogP contribution in [0.4, 0.5) is 0 Å². The first-order valence-electron chi connectivity index (χ1n) is 8.82. The molecule has 0 unspecified atom stereocenters. The van der Waals surface area contributed by atoms with E-state index in [1.54, 1.807) is 17.4 Å². The molecule has 3 aromatic rings. The molecule has 1 amide bonds. The third-order valence-corrected chi connectivity index (χ3v) is 5.82. The number of nitrogens with one attached hydrogen (secondary N) is 1. The number of hydrogen-bond donors (Lipinski definition) is 1. The van der Waals surface area contributed by atoms with Gasteiger partial charge in [0.1, 0.15) is 11.8 Å². The Morgan fingerprint density at radius 3 is 2.85 bits per heavy atom. The van der Waals surface area contributed by atoms with E-state index >= 15 is 0 Å². The molecular weight excluding hydrogens is 356 g/mol. The molecule has 0 atom stereocenters. The van der Waals surface area contributed by atoms with E-state index in [4.69, 9.17) is 10.00 Å². The Kier molecular flexibility index (Phi) is 4.91. The van der Waals surface area contributed by atoms with Gasteiger partial charge < -0.3 is 10.1 Å². The number of aryl methyl sites for hydroxylation is 2. The summed E-state index contributed by atoms with van der Waals surface area (Å²) in [6, 6.07) is 19.8. The zero-order valence-corrected chi connectivity index (χ0v) is 15.5. The van der Waals surface area contributed by atoms with E-state index in [0.717, 1.165) is 23.3 Å². The van der Waals surface area contributed by atoms with Crippen LogP contribution < -0.4 is 10.1 Å². The van der Waals surface area contributed by atoms with Crippen LogP contribution in [0.25, 0.3) is 10.4 Å². The van der Waals surface area contributed by atoms with Crippen LogP contribution >= 0.6 is 11.3 Å². The van der Waals surface area contributed by atoms with E-state index < -0.39 is 0 Å². The molecule has 4 nitrogen and oxygen atoms in total. The summed E-state index contributed by atoms with van der Waals surface area (Å²) in [5.74, 6) is 0.571. The molecule has 0 aliphatic heterocycles. The van der Waals surface area contributed by atoms with Crippen LogP contribution in [0.1, 0.15) is 26.4 Å². The first-order chi connectivity index (χ1) is 13.2. The van der Waals surface area contributed by atoms with Gasteiger partial charge in [0.15, 0.2) is 6.61 Å². The number of thiophene rings is 1. The second kappa shape index (κ2) is 7.65. The van der Waals surface area contributed by atoms with Crippen molar-refractivity contribution in [2.24, 2.45) is 0 Å². The van der Waals surface area contributed by atoms with E-state index in [9.17, 15) is 4.79 Å². The van der Waals surface area contributed by atoms with Crippen molar-refractivity contribution in [3.8, 4) is 22.3 Å². The Hall–Kier alpha value is -3.10. The Morgan fingerprint density at radius 2 is 1.96 bits per heavy atom. The van der Waals surface area contributed by atoms with Gasteiger partial charge in [-0.3, -0.25) is 4.79 Å². The van der Waals surface area contributed by atoms with Crippen molar-refractivity contribution in [1.29, 1.82) is 5.26 Å². The molecule has 134 valence electrons. The predicted octanol–water partition coefficient (Wildman–Crippen LogP) is 4.35. The zero-order chi connectivity index (χ0) is 18.6. The van der Waals surface area contributed by atoms with Gasteiger partial charge >= 0.3 is 0 Å². The summed E-state index contributed by atoms with van der Waals surface area (Å²) in [5, 5.41) is 11.6. The molecule has 0 radical (unpaired) electrons. The van der Waals surface area contributed by atoms with Crippen molar-refractivity contribution >= 4 is 17.2 Å². The van der Waals surface area contributed by atoms with Gasteiger partial charge in [0.05, 0.1) is 4.88 Å². The summed E-state index contributed by atoms with van der Waals surface area (Å²) >= 11 is 1.56. The molecular formula is C22H18N2O2S. The molecule has 0 fully saturated rings. The van der Waals surface area contributed by atoms with E-state index in [1.165, 1.54) is 21.6 Å². The second-order valence-electron chi connectivity index (χ2n) is 6.40. The van der Waals surface area contributed by atoms with Crippen molar-refractivity contribution in [3.05, 3.63) is 76.2 Å². The number of hydrogen-bond acceptors (Lipinski definition) is 4. The number of carbonyl (C=O) groups excluding carboxylic acids is 1.